The Morgan fingerprint density at radius 1 is 1.09 bits per heavy atom. The number of aromatic nitrogens is 2. The van der Waals surface area contributed by atoms with E-state index in [-0.39, 0.29) is 17.6 Å². The zero-order chi connectivity index (χ0) is 22.3. The summed E-state index contributed by atoms with van der Waals surface area (Å²) in [6.07, 6.45) is 6.40. The van der Waals surface area contributed by atoms with Crippen molar-refractivity contribution in [2.45, 2.75) is 38.1 Å². The molecule has 5 nitrogen and oxygen atoms in total. The monoisotopic (exact) mass is 447 g/mol. The molecule has 1 saturated heterocycles. The molecule has 2 aliphatic heterocycles. The maximum atomic E-state index is 13.2. The SMILES string of the molecule is CC(=O)C1CCN(C(=O)CCC2(c3ccc(Cl)cc3)c3ccccc3-c3nccn32)CC1. The molecule has 0 bridgehead atoms. The molecular formula is C26H26ClN3O2. The molecule has 1 fully saturated rings. The maximum absolute atomic E-state index is 13.2. The second-order valence-corrected chi connectivity index (χ2v) is 9.24. The number of piperidine rings is 1. The summed E-state index contributed by atoms with van der Waals surface area (Å²) in [6, 6.07) is 16.2. The van der Waals surface area contributed by atoms with Crippen LogP contribution in [0.25, 0.3) is 11.4 Å². The lowest BCUT2D eigenvalue weighted by atomic mass is 9.79. The summed E-state index contributed by atoms with van der Waals surface area (Å²) in [6.45, 7) is 2.96. The zero-order valence-corrected chi connectivity index (χ0v) is 18.9. The lowest BCUT2D eigenvalue weighted by Crippen LogP contribution is -2.41. The van der Waals surface area contributed by atoms with Crippen LogP contribution in [0, 0.1) is 5.92 Å². The van der Waals surface area contributed by atoms with E-state index >= 15 is 0 Å². The summed E-state index contributed by atoms with van der Waals surface area (Å²) in [5, 5.41) is 0.686. The third-order valence-corrected chi connectivity index (χ3v) is 7.36. The minimum atomic E-state index is -0.514. The van der Waals surface area contributed by atoms with E-state index < -0.39 is 5.54 Å². The van der Waals surface area contributed by atoms with Crippen LogP contribution >= 0.6 is 11.6 Å². The summed E-state index contributed by atoms with van der Waals surface area (Å²) in [5.74, 6) is 1.39. The highest BCUT2D eigenvalue weighted by molar-refractivity contribution is 6.30. The molecule has 6 heteroatoms. The topological polar surface area (TPSA) is 55.2 Å². The summed E-state index contributed by atoms with van der Waals surface area (Å²) < 4.78 is 2.20. The van der Waals surface area contributed by atoms with Crippen LogP contribution in [-0.4, -0.2) is 39.2 Å². The lowest BCUT2D eigenvalue weighted by Gasteiger charge is -2.35. The fraction of sp³-hybridized carbons (Fsp3) is 0.346. The van der Waals surface area contributed by atoms with Gasteiger partial charge in [0.2, 0.25) is 5.91 Å². The average Bonchev–Trinajstić information content (AvgIpc) is 3.39. The third kappa shape index (κ3) is 3.36. The Morgan fingerprint density at radius 2 is 1.81 bits per heavy atom. The molecule has 1 unspecified atom stereocenters. The molecule has 0 N–H and O–H groups in total. The van der Waals surface area contributed by atoms with Crippen LogP contribution in [0.1, 0.15) is 43.7 Å². The Bertz CT molecular complexity index is 1160. The van der Waals surface area contributed by atoms with Gasteiger partial charge in [-0.1, -0.05) is 48.0 Å². The Hall–Kier alpha value is -2.92. The minimum absolute atomic E-state index is 0.0923. The van der Waals surface area contributed by atoms with Gasteiger partial charge in [-0.3, -0.25) is 9.59 Å². The molecule has 2 aromatic carbocycles. The largest absolute Gasteiger partial charge is 0.343 e. The van der Waals surface area contributed by atoms with Crippen molar-refractivity contribution in [2.24, 2.45) is 5.92 Å². The molecule has 0 saturated carbocycles. The van der Waals surface area contributed by atoms with Gasteiger partial charge in [-0.05, 0) is 49.4 Å². The average molecular weight is 448 g/mol. The molecular weight excluding hydrogens is 422 g/mol. The molecule has 0 aliphatic carbocycles. The number of rotatable bonds is 5. The number of fused-ring (bicyclic) bond motifs is 3. The van der Waals surface area contributed by atoms with E-state index in [1.54, 1.807) is 6.92 Å². The van der Waals surface area contributed by atoms with Crippen LogP contribution in [0.15, 0.2) is 60.9 Å². The Labute approximate surface area is 193 Å². The van der Waals surface area contributed by atoms with E-state index in [0.29, 0.717) is 31.0 Å². The molecule has 3 aromatic rings. The van der Waals surface area contributed by atoms with Gasteiger partial charge in [0.1, 0.15) is 11.6 Å². The second kappa shape index (κ2) is 8.21. The van der Waals surface area contributed by atoms with Gasteiger partial charge >= 0.3 is 0 Å². The standard InChI is InChI=1S/C26H26ClN3O2/c1-18(31)19-11-15-29(16-12-19)24(32)10-13-26(20-6-8-21(27)9-7-20)23-5-3-2-4-22(23)25-28-14-17-30(25)26/h2-9,14,17,19H,10-13,15-16H2,1H3. The molecule has 5 rings (SSSR count). The van der Waals surface area contributed by atoms with Gasteiger partial charge < -0.3 is 9.47 Å². The second-order valence-electron chi connectivity index (χ2n) is 8.80. The smallest absolute Gasteiger partial charge is 0.222 e. The predicted molar refractivity (Wildman–Crippen MR) is 125 cm³/mol. The molecule has 0 radical (unpaired) electrons. The number of hydrogen-bond donors (Lipinski definition) is 0. The number of carbonyl (C=O) groups excluding carboxylic acids is 2. The van der Waals surface area contributed by atoms with E-state index in [4.69, 9.17) is 11.6 Å². The first kappa shape index (κ1) is 21.0. The number of nitrogens with zero attached hydrogens (tertiary/aromatic N) is 3. The van der Waals surface area contributed by atoms with Crippen LogP contribution < -0.4 is 0 Å². The van der Waals surface area contributed by atoms with Crippen molar-refractivity contribution in [3.63, 3.8) is 0 Å². The first-order chi connectivity index (χ1) is 15.5. The number of halogens is 1. The number of imidazole rings is 1. The van der Waals surface area contributed by atoms with Crippen molar-refractivity contribution < 1.29 is 9.59 Å². The van der Waals surface area contributed by atoms with Crippen molar-refractivity contribution >= 4 is 23.3 Å². The van der Waals surface area contributed by atoms with Crippen molar-refractivity contribution in [3.05, 3.63) is 77.1 Å². The van der Waals surface area contributed by atoms with Crippen molar-refractivity contribution in [1.29, 1.82) is 0 Å². The van der Waals surface area contributed by atoms with Gasteiger partial charge in [0.05, 0.1) is 5.54 Å². The maximum Gasteiger partial charge on any atom is 0.222 e. The first-order valence-corrected chi connectivity index (χ1v) is 11.6. The summed E-state index contributed by atoms with van der Waals surface area (Å²) in [5.41, 5.74) is 2.84. The zero-order valence-electron chi connectivity index (χ0n) is 18.1. The molecule has 1 aromatic heterocycles. The van der Waals surface area contributed by atoms with Crippen molar-refractivity contribution in [2.75, 3.05) is 13.1 Å². The highest BCUT2D eigenvalue weighted by Crippen LogP contribution is 2.49. The fourth-order valence-electron chi connectivity index (χ4n) is 5.38. The van der Waals surface area contributed by atoms with Crippen molar-refractivity contribution in [3.8, 4) is 11.4 Å². The van der Waals surface area contributed by atoms with Crippen LogP contribution in [0.3, 0.4) is 0 Å². The highest BCUT2D eigenvalue weighted by atomic mass is 35.5. The molecule has 1 amide bonds. The van der Waals surface area contributed by atoms with Gasteiger partial charge in [-0.2, -0.15) is 0 Å². The van der Waals surface area contributed by atoms with E-state index in [0.717, 1.165) is 35.4 Å². The minimum Gasteiger partial charge on any atom is -0.343 e. The first-order valence-electron chi connectivity index (χ1n) is 11.2. The quantitative estimate of drug-likeness (QED) is 0.558. The van der Waals surface area contributed by atoms with Gasteiger partial charge in [-0.25, -0.2) is 4.98 Å². The summed E-state index contributed by atoms with van der Waals surface area (Å²) in [7, 11) is 0. The van der Waals surface area contributed by atoms with E-state index in [1.807, 2.05) is 41.6 Å². The van der Waals surface area contributed by atoms with Crippen LogP contribution in [0.2, 0.25) is 5.02 Å². The van der Waals surface area contributed by atoms with Gasteiger partial charge in [-0.15, -0.1) is 0 Å². The number of ketones is 1. The van der Waals surface area contributed by atoms with Crippen LogP contribution in [0.4, 0.5) is 0 Å². The molecule has 164 valence electrons. The fourth-order valence-corrected chi connectivity index (χ4v) is 5.51. The van der Waals surface area contributed by atoms with E-state index in [9.17, 15) is 9.59 Å². The number of hydrogen-bond acceptors (Lipinski definition) is 3. The molecule has 1 atom stereocenters. The Morgan fingerprint density at radius 3 is 2.53 bits per heavy atom. The molecule has 0 spiro atoms. The summed E-state index contributed by atoms with van der Waals surface area (Å²) in [4.78, 5) is 31.5. The molecule has 2 aliphatic rings. The third-order valence-electron chi connectivity index (χ3n) is 7.11. The lowest BCUT2D eigenvalue weighted by molar-refractivity contribution is -0.135. The molecule has 32 heavy (non-hydrogen) atoms. The summed E-state index contributed by atoms with van der Waals surface area (Å²) >= 11 is 6.20. The van der Waals surface area contributed by atoms with Crippen molar-refractivity contribution in [1.82, 2.24) is 14.5 Å². The number of Topliss-reactive ketones (excluding diaryl/α,β-unsaturated/α-hetero) is 1. The van der Waals surface area contributed by atoms with E-state index in [2.05, 4.69) is 33.8 Å². The van der Waals surface area contributed by atoms with Crippen LogP contribution in [-0.2, 0) is 15.1 Å². The van der Waals surface area contributed by atoms with E-state index in [1.165, 1.54) is 0 Å². The molecule has 3 heterocycles. The highest BCUT2D eigenvalue weighted by Gasteiger charge is 2.45. The number of likely N-dealkylation sites (tertiary alicyclic amines) is 1. The van der Waals surface area contributed by atoms with Gasteiger partial charge in [0.25, 0.3) is 0 Å². The Kier molecular flexibility index (Phi) is 5.38. The normalized spacial score (nSPS) is 20.1. The predicted octanol–water partition coefficient (Wildman–Crippen LogP) is 4.92. The van der Waals surface area contributed by atoms with Gasteiger partial charge in [0, 0.05) is 48.4 Å². The Balaban J connectivity index is 1.48. The number of carbonyl (C=O) groups is 2. The number of amides is 1. The van der Waals surface area contributed by atoms with Gasteiger partial charge in [0.15, 0.2) is 0 Å². The number of benzene rings is 2. The van der Waals surface area contributed by atoms with Crippen LogP contribution in [0.5, 0.6) is 0 Å².